The molecule has 5 heteroatoms. The Morgan fingerprint density at radius 2 is 2.17 bits per heavy atom. The van der Waals surface area contributed by atoms with Crippen molar-refractivity contribution < 1.29 is 9.90 Å². The van der Waals surface area contributed by atoms with E-state index in [1.807, 2.05) is 19.1 Å². The van der Waals surface area contributed by atoms with E-state index < -0.39 is 6.10 Å². The third kappa shape index (κ3) is 3.22. The number of hydrogen-bond donors (Lipinski definition) is 3. The summed E-state index contributed by atoms with van der Waals surface area (Å²) in [5, 5.41) is 16.0. The molecule has 18 heavy (non-hydrogen) atoms. The maximum Gasteiger partial charge on any atom is 0.237 e. The van der Waals surface area contributed by atoms with E-state index in [0.29, 0.717) is 18.0 Å². The largest absolute Gasteiger partial charge is 0.392 e. The van der Waals surface area contributed by atoms with E-state index >= 15 is 0 Å². The molecule has 1 aromatic rings. The van der Waals surface area contributed by atoms with Crippen LogP contribution in [-0.2, 0) is 4.79 Å². The highest BCUT2D eigenvalue weighted by Crippen LogP contribution is 2.16. The van der Waals surface area contributed by atoms with Gasteiger partial charge in [0.25, 0.3) is 0 Å². The van der Waals surface area contributed by atoms with Crippen LogP contribution in [0.1, 0.15) is 24.9 Å². The first-order valence-electron chi connectivity index (χ1n) is 6.03. The van der Waals surface area contributed by atoms with E-state index in [0.717, 1.165) is 5.56 Å². The molecule has 4 nitrogen and oxygen atoms in total. The molecule has 0 saturated carbocycles. The van der Waals surface area contributed by atoms with Gasteiger partial charge in [-0.05, 0) is 31.0 Å². The van der Waals surface area contributed by atoms with Crippen LogP contribution in [-0.4, -0.2) is 29.7 Å². The Morgan fingerprint density at radius 3 is 2.72 bits per heavy atom. The standard InChI is InChI=1S/C13H17ClN2O2/c1-8(9-2-4-10(14)5-3-9)16-13(18)12-6-11(17)7-15-12/h2-5,8,11-12,15,17H,6-7H2,1H3,(H,16,18)/t8-,11?,12?/m0/s1. The predicted molar refractivity (Wildman–Crippen MR) is 70.4 cm³/mol. The Morgan fingerprint density at radius 1 is 1.50 bits per heavy atom. The number of β-amino-alcohol motifs (C(OH)–C–C–N with tert-alkyl or cyclic N) is 1. The third-order valence-electron chi connectivity index (χ3n) is 3.15. The van der Waals surface area contributed by atoms with E-state index in [1.165, 1.54) is 0 Å². The topological polar surface area (TPSA) is 61.4 Å². The van der Waals surface area contributed by atoms with Gasteiger partial charge < -0.3 is 15.7 Å². The maximum absolute atomic E-state index is 11.9. The fourth-order valence-corrected chi connectivity index (χ4v) is 2.19. The smallest absolute Gasteiger partial charge is 0.237 e. The van der Waals surface area contributed by atoms with E-state index in [1.54, 1.807) is 12.1 Å². The number of hydrogen-bond acceptors (Lipinski definition) is 3. The molecule has 0 aromatic heterocycles. The molecule has 3 atom stereocenters. The van der Waals surface area contributed by atoms with Crippen LogP contribution < -0.4 is 10.6 Å². The lowest BCUT2D eigenvalue weighted by molar-refractivity contribution is -0.123. The van der Waals surface area contributed by atoms with Gasteiger partial charge in [-0.3, -0.25) is 4.79 Å². The molecule has 1 aromatic carbocycles. The van der Waals surface area contributed by atoms with Gasteiger partial charge >= 0.3 is 0 Å². The fourth-order valence-electron chi connectivity index (χ4n) is 2.07. The van der Waals surface area contributed by atoms with Crippen LogP contribution in [0.4, 0.5) is 0 Å². The molecular weight excluding hydrogens is 252 g/mol. The molecule has 1 aliphatic heterocycles. The van der Waals surface area contributed by atoms with Gasteiger partial charge in [0.15, 0.2) is 0 Å². The van der Waals surface area contributed by atoms with Crippen LogP contribution in [0, 0.1) is 0 Å². The van der Waals surface area contributed by atoms with E-state index in [-0.39, 0.29) is 18.0 Å². The van der Waals surface area contributed by atoms with E-state index in [4.69, 9.17) is 11.6 Å². The summed E-state index contributed by atoms with van der Waals surface area (Å²) in [6.07, 6.45) is 0.0469. The number of benzene rings is 1. The normalized spacial score (nSPS) is 24.8. The highest BCUT2D eigenvalue weighted by Gasteiger charge is 2.28. The maximum atomic E-state index is 11.9. The third-order valence-corrected chi connectivity index (χ3v) is 3.40. The van der Waals surface area contributed by atoms with Gasteiger partial charge in [0.1, 0.15) is 0 Å². The van der Waals surface area contributed by atoms with Crippen molar-refractivity contribution in [3.63, 3.8) is 0 Å². The minimum absolute atomic E-state index is 0.0747. The molecule has 2 rings (SSSR count). The number of amides is 1. The van der Waals surface area contributed by atoms with Crippen LogP contribution in [0.3, 0.4) is 0 Å². The van der Waals surface area contributed by atoms with Crippen LogP contribution in [0.5, 0.6) is 0 Å². The molecule has 0 radical (unpaired) electrons. The predicted octanol–water partition coefficient (Wildman–Crippen LogP) is 1.24. The number of carbonyl (C=O) groups excluding carboxylic acids is 1. The fraction of sp³-hybridized carbons (Fsp3) is 0.462. The van der Waals surface area contributed by atoms with Crippen molar-refractivity contribution in [2.45, 2.75) is 31.5 Å². The summed E-state index contributed by atoms with van der Waals surface area (Å²) in [4.78, 5) is 11.9. The summed E-state index contributed by atoms with van der Waals surface area (Å²) in [7, 11) is 0. The summed E-state index contributed by atoms with van der Waals surface area (Å²) in [6, 6.07) is 7.02. The highest BCUT2D eigenvalue weighted by molar-refractivity contribution is 6.30. The molecule has 1 amide bonds. The summed E-state index contributed by atoms with van der Waals surface area (Å²) in [6.45, 7) is 2.40. The van der Waals surface area contributed by atoms with Crippen molar-refractivity contribution in [2.24, 2.45) is 0 Å². The molecule has 0 spiro atoms. The van der Waals surface area contributed by atoms with E-state index in [9.17, 15) is 9.90 Å². The molecule has 0 bridgehead atoms. The van der Waals surface area contributed by atoms with Gasteiger partial charge in [0.2, 0.25) is 5.91 Å². The summed E-state index contributed by atoms with van der Waals surface area (Å²) >= 11 is 5.82. The van der Waals surface area contributed by atoms with Crippen LogP contribution in [0.25, 0.3) is 0 Å². The van der Waals surface area contributed by atoms with Crippen molar-refractivity contribution in [3.05, 3.63) is 34.9 Å². The second-order valence-electron chi connectivity index (χ2n) is 4.63. The lowest BCUT2D eigenvalue weighted by atomic mass is 10.1. The molecule has 0 aliphatic carbocycles. The minimum atomic E-state index is -0.424. The van der Waals surface area contributed by atoms with Crippen LogP contribution >= 0.6 is 11.6 Å². The quantitative estimate of drug-likeness (QED) is 0.773. The Balaban J connectivity index is 1.92. The van der Waals surface area contributed by atoms with Crippen molar-refractivity contribution in [3.8, 4) is 0 Å². The van der Waals surface area contributed by atoms with Gasteiger partial charge in [-0.25, -0.2) is 0 Å². The Hall–Kier alpha value is -1.10. The van der Waals surface area contributed by atoms with Gasteiger partial charge in [0.05, 0.1) is 18.2 Å². The van der Waals surface area contributed by atoms with Crippen molar-refractivity contribution in [1.82, 2.24) is 10.6 Å². The molecule has 1 heterocycles. The molecule has 1 saturated heterocycles. The zero-order valence-electron chi connectivity index (χ0n) is 10.2. The Bertz CT molecular complexity index is 422. The summed E-state index contributed by atoms with van der Waals surface area (Å²) < 4.78 is 0. The van der Waals surface area contributed by atoms with Gasteiger partial charge in [-0.1, -0.05) is 23.7 Å². The van der Waals surface area contributed by atoms with Crippen molar-refractivity contribution >= 4 is 17.5 Å². The first-order chi connectivity index (χ1) is 8.56. The second kappa shape index (κ2) is 5.69. The zero-order chi connectivity index (χ0) is 13.1. The van der Waals surface area contributed by atoms with Crippen molar-refractivity contribution in [2.75, 3.05) is 6.54 Å². The highest BCUT2D eigenvalue weighted by atomic mass is 35.5. The molecule has 3 N–H and O–H groups in total. The summed E-state index contributed by atoms with van der Waals surface area (Å²) in [5.74, 6) is -0.0750. The SMILES string of the molecule is C[C@H](NC(=O)C1CC(O)CN1)c1ccc(Cl)cc1. The second-order valence-corrected chi connectivity index (χ2v) is 5.07. The number of aliphatic hydroxyl groups excluding tert-OH is 1. The first-order valence-corrected chi connectivity index (χ1v) is 6.41. The van der Waals surface area contributed by atoms with Crippen LogP contribution in [0.15, 0.2) is 24.3 Å². The monoisotopic (exact) mass is 268 g/mol. The lowest BCUT2D eigenvalue weighted by Gasteiger charge is -2.17. The molecule has 98 valence electrons. The molecule has 1 fully saturated rings. The van der Waals surface area contributed by atoms with Gasteiger partial charge in [-0.2, -0.15) is 0 Å². The Kier molecular flexibility index (Phi) is 4.22. The molecule has 2 unspecified atom stereocenters. The van der Waals surface area contributed by atoms with Crippen molar-refractivity contribution in [1.29, 1.82) is 0 Å². The number of rotatable bonds is 3. The number of nitrogens with one attached hydrogen (secondary N) is 2. The average molecular weight is 269 g/mol. The Labute approximate surface area is 111 Å². The van der Waals surface area contributed by atoms with Gasteiger partial charge in [0, 0.05) is 11.6 Å². The number of halogens is 1. The number of aliphatic hydroxyl groups is 1. The van der Waals surface area contributed by atoms with E-state index in [2.05, 4.69) is 10.6 Å². The van der Waals surface area contributed by atoms with Gasteiger partial charge in [-0.15, -0.1) is 0 Å². The van der Waals surface area contributed by atoms with Crippen LogP contribution in [0.2, 0.25) is 5.02 Å². The zero-order valence-corrected chi connectivity index (χ0v) is 10.9. The molecular formula is C13H17ClN2O2. The minimum Gasteiger partial charge on any atom is -0.392 e. The first kappa shape index (κ1) is 13.3. The lowest BCUT2D eigenvalue weighted by Crippen LogP contribution is -2.41. The average Bonchev–Trinajstić information content (AvgIpc) is 2.76. The molecule has 1 aliphatic rings. The summed E-state index contributed by atoms with van der Waals surface area (Å²) in [5.41, 5.74) is 1.01. The number of carbonyl (C=O) groups is 1.